The van der Waals surface area contributed by atoms with Gasteiger partial charge < -0.3 is 10.4 Å². The van der Waals surface area contributed by atoms with Gasteiger partial charge in [-0.2, -0.15) is 5.10 Å². The summed E-state index contributed by atoms with van der Waals surface area (Å²) in [6.07, 6.45) is 3.69. The van der Waals surface area contributed by atoms with Gasteiger partial charge in [-0.1, -0.05) is 11.6 Å². The fourth-order valence-corrected chi connectivity index (χ4v) is 2.00. The van der Waals surface area contributed by atoms with Gasteiger partial charge in [0.15, 0.2) is 0 Å². The van der Waals surface area contributed by atoms with Crippen molar-refractivity contribution in [1.29, 1.82) is 0 Å². The van der Waals surface area contributed by atoms with Crippen LogP contribution < -0.4 is 5.32 Å². The Labute approximate surface area is 123 Å². The Kier molecular flexibility index (Phi) is 4.44. The Morgan fingerprint density at radius 2 is 2.32 bits per heavy atom. The number of aryl methyl sites for hydroxylation is 1. The number of phenolic OH excluding ortho intramolecular Hbond substituents is 1. The molecular weight excluding hydrogens is 334 g/mol. The zero-order chi connectivity index (χ0) is 13.8. The van der Waals surface area contributed by atoms with Crippen molar-refractivity contribution in [2.24, 2.45) is 0 Å². The molecule has 0 saturated carbocycles. The molecule has 2 rings (SSSR count). The Morgan fingerprint density at radius 1 is 1.53 bits per heavy atom. The molecule has 1 aromatic heterocycles. The van der Waals surface area contributed by atoms with Gasteiger partial charge in [-0.25, -0.2) is 0 Å². The fourth-order valence-electron chi connectivity index (χ4n) is 1.50. The first-order valence-corrected chi connectivity index (χ1v) is 6.68. The standard InChI is InChI=1S/C12H11BrClN3O2/c13-8-6-15-17(7-8)4-3-12(19)16-10-5-9(14)1-2-11(10)18/h1-2,5-7,18H,3-4H2,(H,16,19). The number of hydrogen-bond donors (Lipinski definition) is 2. The molecule has 19 heavy (non-hydrogen) atoms. The summed E-state index contributed by atoms with van der Waals surface area (Å²) in [6, 6.07) is 4.48. The van der Waals surface area contributed by atoms with E-state index in [1.54, 1.807) is 23.1 Å². The summed E-state index contributed by atoms with van der Waals surface area (Å²) < 4.78 is 2.52. The maximum atomic E-state index is 11.7. The molecule has 0 spiro atoms. The van der Waals surface area contributed by atoms with Crippen LogP contribution in [0.25, 0.3) is 0 Å². The normalized spacial score (nSPS) is 10.4. The van der Waals surface area contributed by atoms with Crippen LogP contribution in [0.3, 0.4) is 0 Å². The number of nitrogens with zero attached hydrogens (tertiary/aromatic N) is 2. The van der Waals surface area contributed by atoms with Crippen LogP contribution in [-0.2, 0) is 11.3 Å². The SMILES string of the molecule is O=C(CCn1cc(Br)cn1)Nc1cc(Cl)ccc1O. The minimum atomic E-state index is -0.218. The molecule has 0 aliphatic rings. The van der Waals surface area contributed by atoms with Gasteiger partial charge in [0.1, 0.15) is 5.75 Å². The van der Waals surface area contributed by atoms with Crippen molar-refractivity contribution in [3.05, 3.63) is 40.1 Å². The number of rotatable bonds is 4. The van der Waals surface area contributed by atoms with Gasteiger partial charge in [0.25, 0.3) is 0 Å². The second-order valence-corrected chi connectivity index (χ2v) is 5.23. The second kappa shape index (κ2) is 6.08. The van der Waals surface area contributed by atoms with E-state index in [1.165, 1.54) is 12.1 Å². The van der Waals surface area contributed by atoms with E-state index in [4.69, 9.17) is 11.6 Å². The summed E-state index contributed by atoms with van der Waals surface area (Å²) in [6.45, 7) is 0.457. The number of hydrogen-bond acceptors (Lipinski definition) is 3. The molecule has 2 N–H and O–H groups in total. The highest BCUT2D eigenvalue weighted by Gasteiger charge is 2.07. The summed E-state index contributed by atoms with van der Waals surface area (Å²) in [5.74, 6) is -0.233. The van der Waals surface area contributed by atoms with Gasteiger partial charge in [-0.15, -0.1) is 0 Å². The highest BCUT2D eigenvalue weighted by molar-refractivity contribution is 9.10. The summed E-state index contributed by atoms with van der Waals surface area (Å²) in [5.41, 5.74) is 0.305. The van der Waals surface area contributed by atoms with Crippen molar-refractivity contribution < 1.29 is 9.90 Å². The van der Waals surface area contributed by atoms with Gasteiger partial charge >= 0.3 is 0 Å². The maximum Gasteiger partial charge on any atom is 0.226 e. The van der Waals surface area contributed by atoms with Gasteiger partial charge in [-0.05, 0) is 34.1 Å². The largest absolute Gasteiger partial charge is 0.506 e. The van der Waals surface area contributed by atoms with Crippen LogP contribution in [-0.4, -0.2) is 20.8 Å². The van der Waals surface area contributed by atoms with E-state index in [0.717, 1.165) is 4.47 Å². The lowest BCUT2D eigenvalue weighted by atomic mass is 10.3. The average molecular weight is 345 g/mol. The average Bonchev–Trinajstić information content (AvgIpc) is 2.77. The number of anilines is 1. The van der Waals surface area contributed by atoms with Gasteiger partial charge in [0.05, 0.1) is 16.4 Å². The van der Waals surface area contributed by atoms with Crippen LogP contribution in [0.5, 0.6) is 5.75 Å². The highest BCUT2D eigenvalue weighted by Crippen LogP contribution is 2.26. The molecule has 1 amide bonds. The van der Waals surface area contributed by atoms with E-state index < -0.39 is 0 Å². The van der Waals surface area contributed by atoms with Crippen molar-refractivity contribution in [2.75, 3.05) is 5.32 Å². The number of phenols is 1. The quantitative estimate of drug-likeness (QED) is 0.838. The van der Waals surface area contributed by atoms with Crippen LogP contribution >= 0.6 is 27.5 Å². The summed E-state index contributed by atoms with van der Waals surface area (Å²) >= 11 is 9.07. The molecule has 100 valence electrons. The minimum Gasteiger partial charge on any atom is -0.506 e. The van der Waals surface area contributed by atoms with Gasteiger partial charge in [-0.3, -0.25) is 9.48 Å². The molecule has 0 radical (unpaired) electrons. The Morgan fingerprint density at radius 3 is 3.00 bits per heavy atom. The summed E-state index contributed by atoms with van der Waals surface area (Å²) in [7, 11) is 0. The molecular formula is C12H11BrClN3O2. The zero-order valence-electron chi connectivity index (χ0n) is 9.81. The van der Waals surface area contributed by atoms with Crippen LogP contribution in [0.15, 0.2) is 35.1 Å². The molecule has 0 fully saturated rings. The van der Waals surface area contributed by atoms with Crippen molar-refractivity contribution in [1.82, 2.24) is 9.78 Å². The van der Waals surface area contributed by atoms with E-state index in [9.17, 15) is 9.90 Å². The highest BCUT2D eigenvalue weighted by atomic mass is 79.9. The molecule has 0 unspecified atom stereocenters. The second-order valence-electron chi connectivity index (χ2n) is 3.88. The van der Waals surface area contributed by atoms with Gasteiger partial charge in [0.2, 0.25) is 5.91 Å². The molecule has 2 aromatic rings. The number of carbonyl (C=O) groups is 1. The molecule has 1 aromatic carbocycles. The van der Waals surface area contributed by atoms with Crippen molar-refractivity contribution >= 4 is 39.1 Å². The third-order valence-corrected chi connectivity index (χ3v) is 3.05. The fraction of sp³-hybridized carbons (Fsp3) is 0.167. The van der Waals surface area contributed by atoms with Crippen LogP contribution in [0.4, 0.5) is 5.69 Å². The third kappa shape index (κ3) is 3.97. The first kappa shape index (κ1) is 13.9. The molecule has 0 bridgehead atoms. The van der Waals surface area contributed by atoms with Crippen LogP contribution in [0, 0.1) is 0 Å². The number of aromatic hydroxyl groups is 1. The van der Waals surface area contributed by atoms with E-state index in [-0.39, 0.29) is 18.1 Å². The molecule has 0 atom stereocenters. The first-order valence-electron chi connectivity index (χ1n) is 5.51. The molecule has 5 nitrogen and oxygen atoms in total. The number of aromatic nitrogens is 2. The van der Waals surface area contributed by atoms with Crippen LogP contribution in [0.1, 0.15) is 6.42 Å². The van der Waals surface area contributed by atoms with Crippen molar-refractivity contribution in [3.8, 4) is 5.75 Å². The van der Waals surface area contributed by atoms with Crippen molar-refractivity contribution in [2.45, 2.75) is 13.0 Å². The Bertz CT molecular complexity index is 600. The molecule has 0 aliphatic carbocycles. The monoisotopic (exact) mass is 343 g/mol. The predicted octanol–water partition coefficient (Wildman–Crippen LogP) is 3.03. The number of nitrogens with one attached hydrogen (secondary N) is 1. The summed E-state index contributed by atoms with van der Waals surface area (Å²) in [5, 5.41) is 16.7. The van der Waals surface area contributed by atoms with E-state index in [0.29, 0.717) is 17.3 Å². The lowest BCUT2D eigenvalue weighted by Gasteiger charge is -2.07. The predicted molar refractivity (Wildman–Crippen MR) is 76.3 cm³/mol. The zero-order valence-corrected chi connectivity index (χ0v) is 12.1. The van der Waals surface area contributed by atoms with E-state index in [1.807, 2.05) is 0 Å². The van der Waals surface area contributed by atoms with Gasteiger partial charge in [0, 0.05) is 24.2 Å². The summed E-state index contributed by atoms with van der Waals surface area (Å²) in [4.78, 5) is 11.7. The number of benzene rings is 1. The lowest BCUT2D eigenvalue weighted by molar-refractivity contribution is -0.116. The first-order chi connectivity index (χ1) is 9.04. The molecule has 0 saturated heterocycles. The number of amides is 1. The topological polar surface area (TPSA) is 67.2 Å². The lowest BCUT2D eigenvalue weighted by Crippen LogP contribution is -2.14. The minimum absolute atomic E-state index is 0.0143. The van der Waals surface area contributed by atoms with Crippen LogP contribution in [0.2, 0.25) is 5.02 Å². The van der Waals surface area contributed by atoms with E-state index >= 15 is 0 Å². The number of halogens is 2. The smallest absolute Gasteiger partial charge is 0.226 e. The molecule has 1 heterocycles. The Balaban J connectivity index is 1.92. The van der Waals surface area contributed by atoms with E-state index in [2.05, 4.69) is 26.3 Å². The molecule has 7 heteroatoms. The Hall–Kier alpha value is -1.53. The number of carbonyl (C=O) groups excluding carboxylic acids is 1. The molecule has 0 aliphatic heterocycles. The third-order valence-electron chi connectivity index (χ3n) is 2.40. The van der Waals surface area contributed by atoms with Crippen molar-refractivity contribution in [3.63, 3.8) is 0 Å². The maximum absolute atomic E-state index is 11.7.